The molecule has 0 radical (unpaired) electrons. The van der Waals surface area contributed by atoms with Gasteiger partial charge in [0, 0.05) is 12.5 Å². The molecule has 0 amide bonds. The second kappa shape index (κ2) is 4.13. The minimum Gasteiger partial charge on any atom is -0.303 e. The normalized spacial score (nSPS) is 22.9. The molecule has 1 aromatic rings. The second-order valence-corrected chi connectivity index (χ2v) is 5.49. The first-order chi connectivity index (χ1) is 7.50. The third kappa shape index (κ3) is 2.24. The van der Waals surface area contributed by atoms with Crippen molar-refractivity contribution in [1.29, 1.82) is 0 Å². The van der Waals surface area contributed by atoms with E-state index < -0.39 is 0 Å². The summed E-state index contributed by atoms with van der Waals surface area (Å²) in [4.78, 5) is 4.15. The van der Waals surface area contributed by atoms with Gasteiger partial charge in [0.1, 0.15) is 0 Å². The van der Waals surface area contributed by atoms with Gasteiger partial charge in [-0.25, -0.2) is 0 Å². The van der Waals surface area contributed by atoms with Gasteiger partial charge in [0.25, 0.3) is 0 Å². The average Bonchev–Trinajstić information content (AvgIpc) is 2.85. The van der Waals surface area contributed by atoms with E-state index in [4.69, 9.17) is 0 Å². The lowest BCUT2D eigenvalue weighted by Crippen LogP contribution is -2.25. The summed E-state index contributed by atoms with van der Waals surface area (Å²) in [6.45, 7) is 11.8. The van der Waals surface area contributed by atoms with Crippen LogP contribution in [0.15, 0.2) is 0 Å². The first-order valence-corrected chi connectivity index (χ1v) is 6.03. The Kier molecular flexibility index (Phi) is 2.97. The van der Waals surface area contributed by atoms with Crippen molar-refractivity contribution < 1.29 is 0 Å². The van der Waals surface area contributed by atoms with Crippen LogP contribution in [0.1, 0.15) is 45.9 Å². The molecule has 1 saturated heterocycles. The fourth-order valence-electron chi connectivity index (χ4n) is 2.00. The van der Waals surface area contributed by atoms with Gasteiger partial charge < -0.3 is 4.90 Å². The molecule has 0 saturated carbocycles. The predicted molar refractivity (Wildman–Crippen MR) is 62.3 cm³/mol. The molecule has 0 N–H and O–H groups in total. The van der Waals surface area contributed by atoms with Gasteiger partial charge in [0.2, 0.25) is 0 Å². The fourth-order valence-corrected chi connectivity index (χ4v) is 2.00. The molecule has 1 aliphatic heterocycles. The Morgan fingerprint density at radius 2 is 2.12 bits per heavy atom. The predicted octanol–water partition coefficient (Wildman–Crippen LogP) is 1.24. The molecule has 0 aliphatic carbocycles. The SMILES string of the molecule is CCN1CCC(c2nnn(C(C)(C)C)n2)C1. The van der Waals surface area contributed by atoms with Crippen LogP contribution in [0.4, 0.5) is 0 Å². The molecule has 16 heavy (non-hydrogen) atoms. The van der Waals surface area contributed by atoms with Crippen molar-refractivity contribution in [3.63, 3.8) is 0 Å². The lowest BCUT2D eigenvalue weighted by Gasteiger charge is -2.15. The number of rotatable bonds is 2. The Morgan fingerprint density at radius 1 is 1.38 bits per heavy atom. The maximum absolute atomic E-state index is 4.50. The molecule has 0 bridgehead atoms. The summed E-state index contributed by atoms with van der Waals surface area (Å²) < 4.78 is 0. The highest BCUT2D eigenvalue weighted by Crippen LogP contribution is 2.24. The Labute approximate surface area is 96.8 Å². The highest BCUT2D eigenvalue weighted by Gasteiger charge is 2.27. The van der Waals surface area contributed by atoms with Crippen LogP contribution in [-0.4, -0.2) is 44.7 Å². The number of likely N-dealkylation sites (tertiary alicyclic amines) is 1. The topological polar surface area (TPSA) is 46.8 Å². The molecule has 5 nitrogen and oxygen atoms in total. The van der Waals surface area contributed by atoms with Crippen LogP contribution >= 0.6 is 0 Å². The van der Waals surface area contributed by atoms with Gasteiger partial charge in [0.15, 0.2) is 5.82 Å². The first kappa shape index (κ1) is 11.5. The van der Waals surface area contributed by atoms with Gasteiger partial charge in [0.05, 0.1) is 5.54 Å². The van der Waals surface area contributed by atoms with E-state index in [9.17, 15) is 0 Å². The summed E-state index contributed by atoms with van der Waals surface area (Å²) in [5.74, 6) is 1.38. The zero-order valence-corrected chi connectivity index (χ0v) is 10.6. The number of tetrazole rings is 1. The number of hydrogen-bond donors (Lipinski definition) is 0. The summed E-state index contributed by atoms with van der Waals surface area (Å²) in [7, 11) is 0. The number of hydrogen-bond acceptors (Lipinski definition) is 4. The number of nitrogens with zero attached hydrogens (tertiary/aromatic N) is 5. The first-order valence-electron chi connectivity index (χ1n) is 6.03. The van der Waals surface area contributed by atoms with E-state index in [0.717, 1.165) is 31.9 Å². The molecule has 2 heterocycles. The van der Waals surface area contributed by atoms with Crippen LogP contribution in [-0.2, 0) is 5.54 Å². The molecule has 0 spiro atoms. The Morgan fingerprint density at radius 3 is 2.62 bits per heavy atom. The van der Waals surface area contributed by atoms with E-state index in [2.05, 4.69) is 48.0 Å². The standard InChI is InChI=1S/C11H21N5/c1-5-15-7-6-9(8-15)10-12-14-16(13-10)11(2,3)4/h9H,5-8H2,1-4H3. The molecule has 5 heteroatoms. The molecule has 90 valence electrons. The zero-order valence-electron chi connectivity index (χ0n) is 10.6. The fraction of sp³-hybridized carbons (Fsp3) is 0.909. The Hall–Kier alpha value is -0.970. The zero-order chi connectivity index (χ0) is 11.8. The summed E-state index contributed by atoms with van der Waals surface area (Å²) in [6, 6.07) is 0. The average molecular weight is 223 g/mol. The van der Waals surface area contributed by atoms with Gasteiger partial charge >= 0.3 is 0 Å². The van der Waals surface area contributed by atoms with Crippen LogP contribution in [0.5, 0.6) is 0 Å². The van der Waals surface area contributed by atoms with Crippen molar-refractivity contribution >= 4 is 0 Å². The van der Waals surface area contributed by atoms with E-state index >= 15 is 0 Å². The Balaban J connectivity index is 2.08. The highest BCUT2D eigenvalue weighted by molar-refractivity contribution is 4.97. The van der Waals surface area contributed by atoms with Crippen molar-refractivity contribution in [2.24, 2.45) is 0 Å². The lowest BCUT2D eigenvalue weighted by atomic mass is 10.1. The maximum atomic E-state index is 4.50. The van der Waals surface area contributed by atoms with E-state index in [1.807, 2.05) is 0 Å². The molecule has 0 aromatic carbocycles. The summed E-state index contributed by atoms with van der Waals surface area (Å²) in [5.41, 5.74) is -0.0751. The van der Waals surface area contributed by atoms with Crippen molar-refractivity contribution in [3.8, 4) is 0 Å². The molecular weight excluding hydrogens is 202 g/mol. The van der Waals surface area contributed by atoms with Gasteiger partial charge in [-0.3, -0.25) is 0 Å². The van der Waals surface area contributed by atoms with E-state index in [1.54, 1.807) is 4.80 Å². The highest BCUT2D eigenvalue weighted by atomic mass is 15.6. The molecule has 1 aromatic heterocycles. The van der Waals surface area contributed by atoms with Crippen LogP contribution < -0.4 is 0 Å². The molecule has 1 fully saturated rings. The van der Waals surface area contributed by atoms with E-state index in [-0.39, 0.29) is 5.54 Å². The Bertz CT molecular complexity index is 352. The third-order valence-corrected chi connectivity index (χ3v) is 3.11. The van der Waals surface area contributed by atoms with Crippen LogP contribution in [0, 0.1) is 0 Å². The third-order valence-electron chi connectivity index (χ3n) is 3.11. The van der Waals surface area contributed by atoms with Gasteiger partial charge in [-0.1, -0.05) is 6.92 Å². The minimum atomic E-state index is -0.0751. The molecule has 1 atom stereocenters. The van der Waals surface area contributed by atoms with Crippen molar-refractivity contribution in [2.75, 3.05) is 19.6 Å². The monoisotopic (exact) mass is 223 g/mol. The molecule has 2 rings (SSSR count). The van der Waals surface area contributed by atoms with Crippen molar-refractivity contribution in [1.82, 2.24) is 25.1 Å². The molecular formula is C11H21N5. The summed E-state index contributed by atoms with van der Waals surface area (Å²) in [6.07, 6.45) is 1.16. The van der Waals surface area contributed by atoms with Crippen LogP contribution in [0.25, 0.3) is 0 Å². The summed E-state index contributed by atoms with van der Waals surface area (Å²) in [5, 5.41) is 12.8. The van der Waals surface area contributed by atoms with E-state index in [0.29, 0.717) is 5.92 Å². The maximum Gasteiger partial charge on any atom is 0.179 e. The quantitative estimate of drug-likeness (QED) is 0.756. The molecule has 1 aliphatic rings. The second-order valence-electron chi connectivity index (χ2n) is 5.49. The van der Waals surface area contributed by atoms with Crippen LogP contribution in [0.2, 0.25) is 0 Å². The van der Waals surface area contributed by atoms with Gasteiger partial charge in [-0.15, -0.1) is 10.2 Å². The van der Waals surface area contributed by atoms with Crippen molar-refractivity contribution in [3.05, 3.63) is 5.82 Å². The minimum absolute atomic E-state index is 0.0751. The van der Waals surface area contributed by atoms with Crippen molar-refractivity contribution in [2.45, 2.75) is 45.6 Å². The van der Waals surface area contributed by atoms with Gasteiger partial charge in [-0.05, 0) is 45.5 Å². The largest absolute Gasteiger partial charge is 0.303 e. The lowest BCUT2D eigenvalue weighted by molar-refractivity contribution is 0.304. The van der Waals surface area contributed by atoms with Gasteiger partial charge in [-0.2, -0.15) is 4.80 Å². The number of likely N-dealkylation sites (N-methyl/N-ethyl adjacent to an activating group) is 1. The van der Waals surface area contributed by atoms with Crippen LogP contribution in [0.3, 0.4) is 0 Å². The van der Waals surface area contributed by atoms with E-state index in [1.165, 1.54) is 0 Å². The number of aromatic nitrogens is 4. The smallest absolute Gasteiger partial charge is 0.179 e. The summed E-state index contributed by atoms with van der Waals surface area (Å²) >= 11 is 0. The molecule has 1 unspecified atom stereocenters.